The van der Waals surface area contributed by atoms with Crippen LogP contribution in [0.15, 0.2) is 0 Å². The van der Waals surface area contributed by atoms with Crippen molar-refractivity contribution in [3.05, 3.63) is 0 Å². The number of piperidine rings is 1. The second-order valence-electron chi connectivity index (χ2n) is 6.12. The van der Waals surface area contributed by atoms with E-state index in [9.17, 15) is 9.90 Å². The molecule has 1 aliphatic carbocycles. The van der Waals surface area contributed by atoms with Gasteiger partial charge >= 0.3 is 6.03 Å². The molecule has 0 bridgehead atoms. The van der Waals surface area contributed by atoms with Crippen LogP contribution in [0, 0.1) is 5.92 Å². The van der Waals surface area contributed by atoms with Gasteiger partial charge in [-0.3, -0.25) is 0 Å². The smallest absolute Gasteiger partial charge is 0.320 e. The van der Waals surface area contributed by atoms with E-state index >= 15 is 0 Å². The van der Waals surface area contributed by atoms with E-state index in [4.69, 9.17) is 4.74 Å². The van der Waals surface area contributed by atoms with Crippen molar-refractivity contribution in [1.29, 1.82) is 0 Å². The third-order valence-electron chi connectivity index (χ3n) is 4.98. The summed E-state index contributed by atoms with van der Waals surface area (Å²) in [7, 11) is 0. The van der Waals surface area contributed by atoms with E-state index in [0.29, 0.717) is 32.8 Å². The number of fused-ring (bicyclic) bond motifs is 1. The van der Waals surface area contributed by atoms with E-state index in [0.717, 1.165) is 32.2 Å². The summed E-state index contributed by atoms with van der Waals surface area (Å²) < 4.78 is 5.29. The maximum atomic E-state index is 12.4. The van der Waals surface area contributed by atoms with Gasteiger partial charge in [0.25, 0.3) is 0 Å². The van der Waals surface area contributed by atoms with Gasteiger partial charge in [0.05, 0.1) is 18.8 Å². The normalized spacial score (nSPS) is 35.9. The van der Waals surface area contributed by atoms with Gasteiger partial charge in [-0.25, -0.2) is 4.79 Å². The van der Waals surface area contributed by atoms with Crippen molar-refractivity contribution in [2.24, 2.45) is 5.92 Å². The fraction of sp³-hybridized carbons (Fsp3) is 0.929. The number of hydrogen-bond donors (Lipinski definition) is 1. The Labute approximate surface area is 114 Å². The van der Waals surface area contributed by atoms with Crippen molar-refractivity contribution in [2.45, 2.75) is 37.7 Å². The van der Waals surface area contributed by atoms with Crippen LogP contribution in [0.1, 0.15) is 32.1 Å². The van der Waals surface area contributed by atoms with E-state index in [1.54, 1.807) is 0 Å². The molecule has 3 rings (SSSR count). The van der Waals surface area contributed by atoms with Crippen molar-refractivity contribution in [3.8, 4) is 0 Å². The fourth-order valence-electron chi connectivity index (χ4n) is 3.70. The fourth-order valence-corrected chi connectivity index (χ4v) is 3.70. The van der Waals surface area contributed by atoms with Crippen LogP contribution >= 0.6 is 0 Å². The molecule has 0 aromatic heterocycles. The van der Waals surface area contributed by atoms with Gasteiger partial charge in [0.15, 0.2) is 0 Å². The summed E-state index contributed by atoms with van der Waals surface area (Å²) in [6.45, 7) is 4.12. The lowest BCUT2D eigenvalue weighted by Gasteiger charge is -2.48. The van der Waals surface area contributed by atoms with Gasteiger partial charge in [-0.15, -0.1) is 0 Å². The van der Waals surface area contributed by atoms with E-state index in [2.05, 4.69) is 0 Å². The molecule has 0 aromatic carbocycles. The molecule has 19 heavy (non-hydrogen) atoms. The number of nitrogens with zero attached hydrogens (tertiary/aromatic N) is 2. The van der Waals surface area contributed by atoms with E-state index < -0.39 is 5.60 Å². The molecule has 0 spiro atoms. The topological polar surface area (TPSA) is 53.0 Å². The van der Waals surface area contributed by atoms with Crippen molar-refractivity contribution in [2.75, 3.05) is 39.4 Å². The zero-order chi connectivity index (χ0) is 13.3. The van der Waals surface area contributed by atoms with E-state index in [1.807, 2.05) is 9.80 Å². The second kappa shape index (κ2) is 5.29. The highest BCUT2D eigenvalue weighted by Crippen LogP contribution is 2.39. The van der Waals surface area contributed by atoms with E-state index in [-0.39, 0.29) is 11.9 Å². The number of rotatable bonds is 0. The highest BCUT2D eigenvalue weighted by atomic mass is 16.5. The third kappa shape index (κ3) is 2.58. The van der Waals surface area contributed by atoms with Crippen LogP contribution in [0.5, 0.6) is 0 Å². The summed E-state index contributed by atoms with van der Waals surface area (Å²) in [5.74, 6) is 0.278. The predicted molar refractivity (Wildman–Crippen MR) is 70.9 cm³/mol. The Kier molecular flexibility index (Phi) is 3.67. The first-order valence-corrected chi connectivity index (χ1v) is 7.53. The number of carbonyl (C=O) groups excluding carboxylic acids is 1. The molecule has 2 aliphatic heterocycles. The molecule has 0 radical (unpaired) electrons. The minimum atomic E-state index is -0.500. The van der Waals surface area contributed by atoms with Gasteiger partial charge in [0, 0.05) is 32.1 Å². The number of hydrogen-bond acceptors (Lipinski definition) is 3. The average Bonchev–Trinajstić information content (AvgIpc) is 2.46. The maximum Gasteiger partial charge on any atom is 0.320 e. The molecule has 2 amide bonds. The SMILES string of the molecule is O=C(N1CCOCC1)N1CCC2(O)CCCCC2C1. The van der Waals surface area contributed by atoms with Crippen LogP contribution in [0.25, 0.3) is 0 Å². The number of urea groups is 1. The average molecular weight is 268 g/mol. The Bertz CT molecular complexity index is 344. The minimum absolute atomic E-state index is 0.135. The maximum absolute atomic E-state index is 12.4. The van der Waals surface area contributed by atoms with Crippen molar-refractivity contribution in [3.63, 3.8) is 0 Å². The zero-order valence-corrected chi connectivity index (χ0v) is 11.5. The van der Waals surface area contributed by atoms with Gasteiger partial charge in [-0.05, 0) is 19.3 Å². The van der Waals surface area contributed by atoms with E-state index in [1.165, 1.54) is 6.42 Å². The Morgan fingerprint density at radius 1 is 1.11 bits per heavy atom. The summed E-state index contributed by atoms with van der Waals surface area (Å²) >= 11 is 0. The number of morpholine rings is 1. The number of carbonyl (C=O) groups is 1. The Morgan fingerprint density at radius 2 is 1.89 bits per heavy atom. The molecule has 3 aliphatic rings. The highest BCUT2D eigenvalue weighted by Gasteiger charge is 2.44. The van der Waals surface area contributed by atoms with Gasteiger partial charge in [0.2, 0.25) is 0 Å². The molecule has 1 saturated carbocycles. The molecular formula is C14H24N2O3. The Morgan fingerprint density at radius 3 is 2.68 bits per heavy atom. The zero-order valence-electron chi connectivity index (χ0n) is 11.5. The second-order valence-corrected chi connectivity index (χ2v) is 6.12. The van der Waals surface area contributed by atoms with Crippen molar-refractivity contribution < 1.29 is 14.6 Å². The van der Waals surface area contributed by atoms with Gasteiger partial charge in [-0.1, -0.05) is 12.8 Å². The molecule has 5 heteroatoms. The lowest BCUT2D eigenvalue weighted by molar-refractivity contribution is -0.0899. The largest absolute Gasteiger partial charge is 0.389 e. The summed E-state index contributed by atoms with van der Waals surface area (Å²) in [4.78, 5) is 16.3. The van der Waals surface area contributed by atoms with Crippen molar-refractivity contribution >= 4 is 6.03 Å². The molecule has 1 N–H and O–H groups in total. The van der Waals surface area contributed by atoms with Crippen LogP contribution in [0.2, 0.25) is 0 Å². The first kappa shape index (κ1) is 13.2. The van der Waals surface area contributed by atoms with Crippen molar-refractivity contribution in [1.82, 2.24) is 9.80 Å². The molecule has 2 saturated heterocycles. The van der Waals surface area contributed by atoms with Crippen LogP contribution in [0.4, 0.5) is 4.79 Å². The van der Waals surface area contributed by atoms with Gasteiger partial charge < -0.3 is 19.6 Å². The summed E-state index contributed by atoms with van der Waals surface area (Å²) in [6.07, 6.45) is 5.03. The molecular weight excluding hydrogens is 244 g/mol. The van der Waals surface area contributed by atoms with Gasteiger partial charge in [-0.2, -0.15) is 0 Å². The third-order valence-corrected chi connectivity index (χ3v) is 4.98. The minimum Gasteiger partial charge on any atom is -0.389 e. The molecule has 5 nitrogen and oxygen atoms in total. The molecule has 108 valence electrons. The number of ether oxygens (including phenoxy) is 1. The Hall–Kier alpha value is -0.810. The first-order chi connectivity index (χ1) is 9.19. The summed E-state index contributed by atoms with van der Waals surface area (Å²) in [5, 5.41) is 10.6. The molecule has 2 unspecified atom stereocenters. The van der Waals surface area contributed by atoms with Crippen LogP contribution in [0.3, 0.4) is 0 Å². The number of aliphatic hydroxyl groups is 1. The first-order valence-electron chi connectivity index (χ1n) is 7.53. The summed E-state index contributed by atoms with van der Waals surface area (Å²) in [5.41, 5.74) is -0.500. The lowest BCUT2D eigenvalue weighted by atomic mass is 9.71. The standard InChI is InChI=1S/C14H24N2O3/c17-13(15-7-9-19-10-8-15)16-6-5-14(18)4-2-1-3-12(14)11-16/h12,18H,1-11H2. The molecule has 0 aromatic rings. The molecule has 3 fully saturated rings. The predicted octanol–water partition coefficient (Wildman–Crippen LogP) is 1.07. The highest BCUT2D eigenvalue weighted by molar-refractivity contribution is 5.74. The molecule has 2 atom stereocenters. The van der Waals surface area contributed by atoms with Crippen LogP contribution in [-0.4, -0.2) is 65.9 Å². The number of likely N-dealkylation sites (tertiary alicyclic amines) is 1. The quantitative estimate of drug-likeness (QED) is 0.715. The lowest BCUT2D eigenvalue weighted by Crippen LogP contribution is -2.58. The molecule has 2 heterocycles. The summed E-state index contributed by atoms with van der Waals surface area (Å²) in [6, 6.07) is 0.135. The Balaban J connectivity index is 1.62. The number of amides is 2. The van der Waals surface area contributed by atoms with Gasteiger partial charge in [0.1, 0.15) is 0 Å². The van der Waals surface area contributed by atoms with Crippen LogP contribution in [-0.2, 0) is 4.74 Å². The monoisotopic (exact) mass is 268 g/mol. The van der Waals surface area contributed by atoms with Crippen LogP contribution < -0.4 is 0 Å².